The lowest BCUT2D eigenvalue weighted by Gasteiger charge is -2.35. The number of hydrogen-bond acceptors (Lipinski definition) is 4. The Balaban J connectivity index is 2.32. The molecule has 5 nitrogen and oxygen atoms in total. The van der Waals surface area contributed by atoms with Crippen LogP contribution in [0.4, 0.5) is 0 Å². The Morgan fingerprint density at radius 2 is 2.10 bits per heavy atom. The molecule has 0 bridgehead atoms. The normalized spacial score (nSPS) is 20.8. The van der Waals surface area contributed by atoms with Gasteiger partial charge in [0.25, 0.3) is 0 Å². The Morgan fingerprint density at radius 3 is 2.75 bits per heavy atom. The average Bonchev–Trinajstić information content (AvgIpc) is 2.46. The monoisotopic (exact) mass is 293 g/mol. The molecule has 1 aliphatic rings. The molecule has 1 aromatic rings. The Morgan fingerprint density at radius 1 is 1.40 bits per heavy atom. The third kappa shape index (κ3) is 2.85. The van der Waals surface area contributed by atoms with Gasteiger partial charge in [-0.3, -0.25) is 0 Å². The lowest BCUT2D eigenvalue weighted by molar-refractivity contribution is 0.187. The minimum atomic E-state index is -3.62. The van der Waals surface area contributed by atoms with E-state index in [1.807, 2.05) is 13.1 Å². The van der Waals surface area contributed by atoms with E-state index in [9.17, 15) is 8.42 Å². The number of nitriles is 1. The summed E-state index contributed by atoms with van der Waals surface area (Å²) in [6, 6.07) is 8.27. The molecule has 1 atom stereocenters. The van der Waals surface area contributed by atoms with Crippen LogP contribution in [-0.2, 0) is 10.0 Å². The SMILES string of the molecule is CN1CCCC(N(C)S(=O)(=O)c2ccccc2C#N)C1. The van der Waals surface area contributed by atoms with Crippen molar-refractivity contribution < 1.29 is 8.42 Å². The van der Waals surface area contributed by atoms with Gasteiger partial charge in [-0.15, -0.1) is 0 Å². The number of likely N-dealkylation sites (tertiary alicyclic amines) is 1. The van der Waals surface area contributed by atoms with Crippen molar-refractivity contribution in [3.8, 4) is 6.07 Å². The summed E-state index contributed by atoms with van der Waals surface area (Å²) in [7, 11) is -0.0203. The van der Waals surface area contributed by atoms with Gasteiger partial charge >= 0.3 is 0 Å². The fraction of sp³-hybridized carbons (Fsp3) is 0.500. The highest BCUT2D eigenvalue weighted by Crippen LogP contribution is 2.23. The van der Waals surface area contributed by atoms with Crippen LogP contribution in [0.3, 0.4) is 0 Å². The lowest BCUT2D eigenvalue weighted by Crippen LogP contribution is -2.47. The molecule has 0 spiro atoms. The number of nitrogens with zero attached hydrogens (tertiary/aromatic N) is 3. The maximum atomic E-state index is 12.7. The first kappa shape index (κ1) is 15.0. The topological polar surface area (TPSA) is 64.4 Å². The van der Waals surface area contributed by atoms with Crippen LogP contribution in [-0.4, -0.2) is 50.8 Å². The molecule has 0 aliphatic carbocycles. The number of piperidine rings is 1. The van der Waals surface area contributed by atoms with Crippen LogP contribution < -0.4 is 0 Å². The van der Waals surface area contributed by atoms with Gasteiger partial charge in [-0.2, -0.15) is 9.57 Å². The maximum absolute atomic E-state index is 12.7. The molecule has 20 heavy (non-hydrogen) atoms. The summed E-state index contributed by atoms with van der Waals surface area (Å²) in [4.78, 5) is 2.23. The molecule has 0 aromatic heterocycles. The Bertz CT molecular complexity index is 622. The minimum absolute atomic E-state index is 0.0366. The van der Waals surface area contributed by atoms with Crippen molar-refractivity contribution in [2.24, 2.45) is 0 Å². The number of rotatable bonds is 3. The fourth-order valence-corrected chi connectivity index (χ4v) is 4.09. The molecule has 1 heterocycles. The van der Waals surface area contributed by atoms with Crippen molar-refractivity contribution >= 4 is 10.0 Å². The Kier molecular flexibility index (Phi) is 4.43. The number of benzene rings is 1. The molecular formula is C14H19N3O2S. The van der Waals surface area contributed by atoms with Crippen molar-refractivity contribution in [1.29, 1.82) is 5.26 Å². The molecule has 108 valence electrons. The second-order valence-corrected chi connectivity index (χ2v) is 7.15. The van der Waals surface area contributed by atoms with Crippen molar-refractivity contribution in [2.75, 3.05) is 27.2 Å². The van der Waals surface area contributed by atoms with E-state index in [0.717, 1.165) is 25.9 Å². The van der Waals surface area contributed by atoms with Crippen LogP contribution in [0.25, 0.3) is 0 Å². The molecule has 1 fully saturated rings. The predicted octanol–water partition coefficient (Wildman–Crippen LogP) is 1.27. The maximum Gasteiger partial charge on any atom is 0.244 e. The molecule has 0 amide bonds. The summed E-state index contributed by atoms with van der Waals surface area (Å²) in [5, 5.41) is 9.07. The van der Waals surface area contributed by atoms with E-state index in [1.54, 1.807) is 19.2 Å². The molecule has 0 radical (unpaired) electrons. The zero-order valence-corrected chi connectivity index (χ0v) is 12.6. The van der Waals surface area contributed by atoms with Crippen molar-refractivity contribution in [3.05, 3.63) is 29.8 Å². The van der Waals surface area contributed by atoms with Crippen LogP contribution in [0.15, 0.2) is 29.2 Å². The van der Waals surface area contributed by atoms with Crippen LogP contribution >= 0.6 is 0 Å². The van der Waals surface area contributed by atoms with Gasteiger partial charge in [-0.1, -0.05) is 12.1 Å². The van der Waals surface area contributed by atoms with E-state index in [2.05, 4.69) is 4.90 Å². The third-order valence-corrected chi connectivity index (χ3v) is 5.75. The fourth-order valence-electron chi connectivity index (χ4n) is 2.57. The summed E-state index contributed by atoms with van der Waals surface area (Å²) in [5.74, 6) is 0. The summed E-state index contributed by atoms with van der Waals surface area (Å²) in [5.41, 5.74) is 0.198. The first-order valence-electron chi connectivity index (χ1n) is 6.62. The highest BCUT2D eigenvalue weighted by atomic mass is 32.2. The van der Waals surface area contributed by atoms with E-state index in [-0.39, 0.29) is 16.5 Å². The van der Waals surface area contributed by atoms with E-state index in [4.69, 9.17) is 5.26 Å². The molecule has 0 saturated carbocycles. The second kappa shape index (κ2) is 5.92. The van der Waals surface area contributed by atoms with E-state index >= 15 is 0 Å². The Labute approximate surface area is 120 Å². The molecule has 0 N–H and O–H groups in total. The van der Waals surface area contributed by atoms with E-state index < -0.39 is 10.0 Å². The van der Waals surface area contributed by atoms with Gasteiger partial charge in [0.15, 0.2) is 0 Å². The summed E-state index contributed by atoms with van der Waals surface area (Å²) in [6.07, 6.45) is 1.84. The second-order valence-electron chi connectivity index (χ2n) is 5.19. The van der Waals surface area contributed by atoms with E-state index in [1.165, 1.54) is 16.4 Å². The largest absolute Gasteiger partial charge is 0.305 e. The Hall–Kier alpha value is -1.42. The van der Waals surface area contributed by atoms with Gasteiger partial charge in [0, 0.05) is 19.6 Å². The molecule has 1 unspecified atom stereocenters. The highest BCUT2D eigenvalue weighted by molar-refractivity contribution is 7.89. The molecule has 1 aromatic carbocycles. The van der Waals surface area contributed by atoms with Crippen LogP contribution in [0.5, 0.6) is 0 Å². The lowest BCUT2D eigenvalue weighted by atomic mass is 10.1. The van der Waals surface area contributed by atoms with Gasteiger partial charge < -0.3 is 4.90 Å². The van der Waals surface area contributed by atoms with Gasteiger partial charge in [0.1, 0.15) is 6.07 Å². The summed E-state index contributed by atoms with van der Waals surface area (Å²) in [6.45, 7) is 1.73. The van der Waals surface area contributed by atoms with Gasteiger partial charge in [-0.25, -0.2) is 8.42 Å². The van der Waals surface area contributed by atoms with E-state index in [0.29, 0.717) is 0 Å². The van der Waals surface area contributed by atoms with Crippen molar-refractivity contribution in [3.63, 3.8) is 0 Å². The zero-order chi connectivity index (χ0) is 14.8. The van der Waals surface area contributed by atoms with Crippen LogP contribution in [0.2, 0.25) is 0 Å². The predicted molar refractivity (Wildman–Crippen MR) is 76.6 cm³/mol. The zero-order valence-electron chi connectivity index (χ0n) is 11.8. The molecule has 1 saturated heterocycles. The minimum Gasteiger partial charge on any atom is -0.305 e. The smallest absolute Gasteiger partial charge is 0.244 e. The molecule has 1 aliphatic heterocycles. The first-order valence-corrected chi connectivity index (χ1v) is 8.06. The van der Waals surface area contributed by atoms with Crippen molar-refractivity contribution in [2.45, 2.75) is 23.8 Å². The van der Waals surface area contributed by atoms with Crippen LogP contribution in [0, 0.1) is 11.3 Å². The highest BCUT2D eigenvalue weighted by Gasteiger charge is 2.31. The molecule has 6 heteroatoms. The summed E-state index contributed by atoms with van der Waals surface area (Å²) >= 11 is 0. The third-order valence-electron chi connectivity index (χ3n) is 3.78. The molecular weight excluding hydrogens is 274 g/mol. The van der Waals surface area contributed by atoms with Gasteiger partial charge in [-0.05, 0) is 38.6 Å². The standard InChI is InChI=1S/C14H19N3O2S/c1-16-9-5-7-13(11-16)17(2)20(18,19)14-8-4-3-6-12(14)10-15/h3-4,6,8,13H,5,7,9,11H2,1-2H3. The number of likely N-dealkylation sites (N-methyl/N-ethyl adjacent to an activating group) is 2. The first-order chi connectivity index (χ1) is 9.46. The number of hydrogen-bond donors (Lipinski definition) is 0. The quantitative estimate of drug-likeness (QED) is 0.842. The number of sulfonamides is 1. The van der Waals surface area contributed by atoms with Gasteiger partial charge in [0.05, 0.1) is 10.5 Å². The molecule has 2 rings (SSSR count). The van der Waals surface area contributed by atoms with Crippen LogP contribution in [0.1, 0.15) is 18.4 Å². The average molecular weight is 293 g/mol. The van der Waals surface area contributed by atoms with Crippen molar-refractivity contribution in [1.82, 2.24) is 9.21 Å². The summed E-state index contributed by atoms with van der Waals surface area (Å²) < 4.78 is 26.8. The van der Waals surface area contributed by atoms with Gasteiger partial charge in [0.2, 0.25) is 10.0 Å².